The molecule has 1 heterocycles. The summed E-state index contributed by atoms with van der Waals surface area (Å²) in [6, 6.07) is 7.92. The summed E-state index contributed by atoms with van der Waals surface area (Å²) in [5.41, 5.74) is 0.638. The second-order valence-corrected chi connectivity index (χ2v) is 5.76. The maximum atomic E-state index is 12.3. The van der Waals surface area contributed by atoms with Crippen LogP contribution in [0.15, 0.2) is 41.4 Å². The molecular weight excluding hydrogens is 260 g/mol. The number of terminal acetylenes is 1. The Bertz CT molecular complexity index is 727. The Labute approximate surface area is 112 Å². The average molecular weight is 274 g/mol. The molecule has 0 aliphatic carbocycles. The first-order chi connectivity index (χ1) is 9.08. The van der Waals surface area contributed by atoms with Crippen molar-refractivity contribution in [2.24, 2.45) is 0 Å². The number of pyridine rings is 1. The van der Waals surface area contributed by atoms with Gasteiger partial charge in [-0.1, -0.05) is 18.9 Å². The molecule has 1 aromatic heterocycles. The first-order valence-electron chi connectivity index (χ1n) is 5.90. The first-order valence-corrected chi connectivity index (χ1v) is 7.39. The van der Waals surface area contributed by atoms with Crippen molar-refractivity contribution in [3.05, 3.63) is 36.5 Å². The smallest absolute Gasteiger partial charge is 0.242 e. The third-order valence-corrected chi connectivity index (χ3v) is 4.33. The number of nitrogens with zero attached hydrogens (tertiary/aromatic N) is 1. The molecule has 1 aromatic carbocycles. The van der Waals surface area contributed by atoms with Gasteiger partial charge in [-0.2, -0.15) is 4.72 Å². The highest BCUT2D eigenvalue weighted by Crippen LogP contribution is 2.21. The number of sulfonamides is 1. The van der Waals surface area contributed by atoms with Crippen LogP contribution in [0.5, 0.6) is 0 Å². The van der Waals surface area contributed by atoms with Crippen LogP contribution in [0.3, 0.4) is 0 Å². The van der Waals surface area contributed by atoms with Crippen molar-refractivity contribution in [1.29, 1.82) is 0 Å². The normalized spacial score (nSPS) is 13.1. The van der Waals surface area contributed by atoms with Gasteiger partial charge in [0.15, 0.2) is 0 Å². The lowest BCUT2D eigenvalue weighted by molar-refractivity contribution is 0.571. The van der Waals surface area contributed by atoms with Crippen LogP contribution < -0.4 is 4.72 Å². The standard InChI is InChI=1S/C14H14N2O2S/c1-3-11(4-2)16-19(17,18)14-9-5-8-13-12(14)7-6-10-15-13/h1,5-11,16H,4H2,2H3. The fourth-order valence-corrected chi connectivity index (χ4v) is 3.25. The van der Waals surface area contributed by atoms with Gasteiger partial charge in [-0.15, -0.1) is 6.42 Å². The molecule has 0 fully saturated rings. The Morgan fingerprint density at radius 2 is 2.16 bits per heavy atom. The maximum absolute atomic E-state index is 12.3. The van der Waals surface area contributed by atoms with E-state index in [1.54, 1.807) is 36.5 Å². The quantitative estimate of drug-likeness (QED) is 0.867. The highest BCUT2D eigenvalue weighted by Gasteiger charge is 2.20. The molecule has 0 aliphatic rings. The Kier molecular flexibility index (Phi) is 3.84. The number of hydrogen-bond acceptors (Lipinski definition) is 3. The van der Waals surface area contributed by atoms with Crippen LogP contribution in [0.1, 0.15) is 13.3 Å². The molecule has 98 valence electrons. The number of benzene rings is 1. The van der Waals surface area contributed by atoms with Gasteiger partial charge in [-0.05, 0) is 30.7 Å². The molecule has 0 saturated carbocycles. The van der Waals surface area contributed by atoms with Crippen LogP contribution in [0.25, 0.3) is 10.9 Å². The third kappa shape index (κ3) is 2.75. The average Bonchev–Trinajstić information content (AvgIpc) is 2.44. The van der Waals surface area contributed by atoms with Crippen molar-refractivity contribution in [3.8, 4) is 12.3 Å². The zero-order chi connectivity index (χ0) is 13.9. The fourth-order valence-electron chi connectivity index (χ4n) is 1.80. The predicted molar refractivity (Wildman–Crippen MR) is 75.0 cm³/mol. The van der Waals surface area contributed by atoms with Crippen LogP contribution in [0, 0.1) is 12.3 Å². The molecule has 1 atom stereocenters. The minimum Gasteiger partial charge on any atom is -0.256 e. The second-order valence-electron chi connectivity index (χ2n) is 4.08. The number of hydrogen-bond donors (Lipinski definition) is 1. The summed E-state index contributed by atoms with van der Waals surface area (Å²) in [7, 11) is -3.64. The SMILES string of the molecule is C#CC(CC)NS(=O)(=O)c1cccc2ncccc12. The van der Waals surface area contributed by atoms with Gasteiger partial charge in [0.25, 0.3) is 0 Å². The molecular formula is C14H14N2O2S. The maximum Gasteiger partial charge on any atom is 0.242 e. The number of nitrogens with one attached hydrogen (secondary N) is 1. The molecule has 0 aliphatic heterocycles. The molecule has 1 unspecified atom stereocenters. The largest absolute Gasteiger partial charge is 0.256 e. The zero-order valence-electron chi connectivity index (χ0n) is 10.5. The van der Waals surface area contributed by atoms with E-state index in [1.807, 2.05) is 6.92 Å². The Morgan fingerprint density at radius 3 is 2.84 bits per heavy atom. The highest BCUT2D eigenvalue weighted by molar-refractivity contribution is 7.89. The van der Waals surface area contributed by atoms with Gasteiger partial charge < -0.3 is 0 Å². The summed E-state index contributed by atoms with van der Waals surface area (Å²) in [6.07, 6.45) is 7.46. The van der Waals surface area contributed by atoms with E-state index in [0.717, 1.165) is 0 Å². The van der Waals surface area contributed by atoms with E-state index in [-0.39, 0.29) is 4.90 Å². The van der Waals surface area contributed by atoms with Crippen molar-refractivity contribution in [1.82, 2.24) is 9.71 Å². The van der Waals surface area contributed by atoms with E-state index >= 15 is 0 Å². The van der Waals surface area contributed by atoms with E-state index in [4.69, 9.17) is 6.42 Å². The Morgan fingerprint density at radius 1 is 1.37 bits per heavy atom. The summed E-state index contributed by atoms with van der Waals surface area (Å²) < 4.78 is 27.2. The monoisotopic (exact) mass is 274 g/mol. The molecule has 5 heteroatoms. The molecule has 4 nitrogen and oxygen atoms in total. The van der Waals surface area contributed by atoms with E-state index < -0.39 is 16.1 Å². The molecule has 0 saturated heterocycles. The minimum absolute atomic E-state index is 0.201. The molecule has 0 radical (unpaired) electrons. The van der Waals surface area contributed by atoms with Crippen molar-refractivity contribution >= 4 is 20.9 Å². The third-order valence-electron chi connectivity index (χ3n) is 2.80. The summed E-state index contributed by atoms with van der Waals surface area (Å²) in [5.74, 6) is 2.42. The van der Waals surface area contributed by atoms with Gasteiger partial charge in [0.2, 0.25) is 10.0 Å². The van der Waals surface area contributed by atoms with E-state index in [9.17, 15) is 8.42 Å². The predicted octanol–water partition coefficient (Wildman–Crippen LogP) is 1.92. The van der Waals surface area contributed by atoms with Crippen LogP contribution >= 0.6 is 0 Å². The zero-order valence-corrected chi connectivity index (χ0v) is 11.3. The Balaban J connectivity index is 2.53. The second kappa shape index (κ2) is 5.39. The molecule has 1 N–H and O–H groups in total. The van der Waals surface area contributed by atoms with Gasteiger partial charge in [0, 0.05) is 11.6 Å². The number of aromatic nitrogens is 1. The van der Waals surface area contributed by atoms with Crippen molar-refractivity contribution in [2.75, 3.05) is 0 Å². The van der Waals surface area contributed by atoms with Gasteiger partial charge >= 0.3 is 0 Å². The lowest BCUT2D eigenvalue weighted by atomic mass is 10.2. The summed E-state index contributed by atoms with van der Waals surface area (Å²) in [5, 5.41) is 0.587. The highest BCUT2D eigenvalue weighted by atomic mass is 32.2. The molecule has 0 spiro atoms. The van der Waals surface area contributed by atoms with Gasteiger partial charge in [0.1, 0.15) is 0 Å². The first kappa shape index (κ1) is 13.5. The van der Waals surface area contributed by atoms with Crippen LogP contribution in [0.2, 0.25) is 0 Å². The number of fused-ring (bicyclic) bond motifs is 1. The number of rotatable bonds is 4. The van der Waals surface area contributed by atoms with Gasteiger partial charge in [-0.25, -0.2) is 8.42 Å². The van der Waals surface area contributed by atoms with E-state index in [0.29, 0.717) is 17.3 Å². The van der Waals surface area contributed by atoms with E-state index in [1.165, 1.54) is 0 Å². The topological polar surface area (TPSA) is 59.1 Å². The summed E-state index contributed by atoms with van der Waals surface area (Å²) in [4.78, 5) is 4.34. The van der Waals surface area contributed by atoms with Crippen LogP contribution in [-0.4, -0.2) is 19.4 Å². The lowest BCUT2D eigenvalue weighted by Gasteiger charge is -2.12. The van der Waals surface area contributed by atoms with E-state index in [2.05, 4.69) is 15.6 Å². The van der Waals surface area contributed by atoms with Crippen LogP contribution in [-0.2, 0) is 10.0 Å². The molecule has 0 amide bonds. The minimum atomic E-state index is -3.64. The molecule has 0 bridgehead atoms. The lowest BCUT2D eigenvalue weighted by Crippen LogP contribution is -2.33. The van der Waals surface area contributed by atoms with Crippen LogP contribution in [0.4, 0.5) is 0 Å². The summed E-state index contributed by atoms with van der Waals surface area (Å²) in [6.45, 7) is 1.83. The fraction of sp³-hybridized carbons (Fsp3) is 0.214. The van der Waals surface area contributed by atoms with Crippen molar-refractivity contribution in [3.63, 3.8) is 0 Å². The Hall–Kier alpha value is -1.90. The molecule has 19 heavy (non-hydrogen) atoms. The molecule has 2 rings (SSSR count). The van der Waals surface area contributed by atoms with Gasteiger partial charge in [-0.3, -0.25) is 4.98 Å². The molecule has 2 aromatic rings. The van der Waals surface area contributed by atoms with Crippen molar-refractivity contribution < 1.29 is 8.42 Å². The van der Waals surface area contributed by atoms with Gasteiger partial charge in [0.05, 0.1) is 16.5 Å². The summed E-state index contributed by atoms with van der Waals surface area (Å²) >= 11 is 0. The van der Waals surface area contributed by atoms with Crippen molar-refractivity contribution in [2.45, 2.75) is 24.3 Å².